The van der Waals surface area contributed by atoms with E-state index in [1.54, 1.807) is 6.07 Å². The molecule has 1 aliphatic rings. The second kappa shape index (κ2) is 3.34. The normalized spacial score (nSPS) is 24.1. The summed E-state index contributed by atoms with van der Waals surface area (Å²) in [5.41, 5.74) is 0. The topological polar surface area (TPSA) is 9.23 Å². The van der Waals surface area contributed by atoms with Crippen molar-refractivity contribution >= 4 is 39.1 Å². The Morgan fingerprint density at radius 3 is 2.77 bits per heavy atom. The molecule has 0 aromatic heterocycles. The summed E-state index contributed by atoms with van der Waals surface area (Å²) in [4.78, 5) is 0. The molecule has 1 aliphatic carbocycles. The van der Waals surface area contributed by atoms with Crippen LogP contribution in [0.5, 0.6) is 5.75 Å². The lowest BCUT2D eigenvalue weighted by Gasteiger charge is -2.05. The molecule has 1 nitrogen and oxygen atoms in total. The van der Waals surface area contributed by atoms with Gasteiger partial charge >= 0.3 is 0 Å². The fourth-order valence-electron chi connectivity index (χ4n) is 0.971. The fraction of sp³-hybridized carbons (Fsp3) is 0.333. The van der Waals surface area contributed by atoms with Gasteiger partial charge in [0.05, 0.1) is 0 Å². The van der Waals surface area contributed by atoms with Gasteiger partial charge in [0.15, 0.2) is 4.33 Å². The summed E-state index contributed by atoms with van der Waals surface area (Å²) < 4.78 is 5.74. The number of rotatable bonds is 2. The van der Waals surface area contributed by atoms with E-state index < -0.39 is 4.33 Å². The third-order valence-corrected chi connectivity index (χ3v) is 3.03. The zero-order valence-electron chi connectivity index (χ0n) is 6.56. The van der Waals surface area contributed by atoms with Gasteiger partial charge in [0.2, 0.25) is 0 Å². The maximum atomic E-state index is 5.82. The minimum atomic E-state index is -0.692. The van der Waals surface area contributed by atoms with E-state index in [0.29, 0.717) is 6.42 Å². The molecule has 1 atom stereocenters. The standard InChI is InChI=1S/C9H6BrCl2O/c10-6-2-1-3-7(4-6)13-8-5-9(8,11)12/h2-4,8H,5H2. The average Bonchev–Trinajstić information content (AvgIpc) is 2.58. The van der Waals surface area contributed by atoms with Gasteiger partial charge < -0.3 is 4.74 Å². The van der Waals surface area contributed by atoms with Crippen LogP contribution in [0.3, 0.4) is 0 Å². The summed E-state index contributed by atoms with van der Waals surface area (Å²) in [6.45, 7) is 0. The van der Waals surface area contributed by atoms with Gasteiger partial charge in [-0.25, -0.2) is 0 Å². The molecular weight excluding hydrogens is 275 g/mol. The van der Waals surface area contributed by atoms with E-state index in [-0.39, 0.29) is 6.10 Å². The summed E-state index contributed by atoms with van der Waals surface area (Å²) in [5.74, 6) is 0.738. The molecule has 0 heterocycles. The van der Waals surface area contributed by atoms with Crippen LogP contribution in [0.2, 0.25) is 0 Å². The summed E-state index contributed by atoms with van der Waals surface area (Å²) in [7, 11) is 0. The minimum Gasteiger partial charge on any atom is -0.487 e. The lowest BCUT2D eigenvalue weighted by atomic mass is 10.3. The molecular formula is C9H6BrCl2O. The van der Waals surface area contributed by atoms with Crippen LogP contribution in [0.25, 0.3) is 0 Å². The third kappa shape index (κ3) is 2.30. The third-order valence-electron chi connectivity index (χ3n) is 1.77. The molecule has 1 aromatic carbocycles. The van der Waals surface area contributed by atoms with Crippen molar-refractivity contribution < 1.29 is 4.74 Å². The number of hydrogen-bond donors (Lipinski definition) is 0. The molecule has 69 valence electrons. The highest BCUT2D eigenvalue weighted by Crippen LogP contribution is 2.49. The van der Waals surface area contributed by atoms with Crippen LogP contribution in [0, 0.1) is 6.07 Å². The van der Waals surface area contributed by atoms with Crippen molar-refractivity contribution in [3.8, 4) is 5.75 Å². The Morgan fingerprint density at radius 2 is 2.23 bits per heavy atom. The summed E-state index contributed by atoms with van der Waals surface area (Å²) in [6.07, 6.45) is 0.598. The smallest absolute Gasteiger partial charge is 0.158 e. The molecule has 1 radical (unpaired) electrons. The van der Waals surface area contributed by atoms with Crippen LogP contribution in [0.15, 0.2) is 22.7 Å². The Kier molecular flexibility index (Phi) is 2.47. The molecule has 1 unspecified atom stereocenters. The number of hydrogen-bond acceptors (Lipinski definition) is 1. The number of halogens is 3. The molecule has 2 rings (SSSR count). The first-order chi connectivity index (χ1) is 6.08. The quantitative estimate of drug-likeness (QED) is 0.753. The van der Waals surface area contributed by atoms with E-state index >= 15 is 0 Å². The van der Waals surface area contributed by atoms with Crippen LogP contribution < -0.4 is 4.74 Å². The zero-order valence-corrected chi connectivity index (χ0v) is 9.66. The minimum absolute atomic E-state index is 0.0847. The molecule has 0 spiro atoms. The lowest BCUT2D eigenvalue weighted by molar-refractivity contribution is 0.300. The summed E-state index contributed by atoms with van der Waals surface area (Å²) >= 11 is 15.0. The predicted molar refractivity (Wildman–Crippen MR) is 56.4 cm³/mol. The average molecular weight is 281 g/mol. The lowest BCUT2D eigenvalue weighted by Crippen LogP contribution is -2.04. The van der Waals surface area contributed by atoms with Crippen molar-refractivity contribution in [3.63, 3.8) is 0 Å². The van der Waals surface area contributed by atoms with E-state index in [4.69, 9.17) is 27.9 Å². The Morgan fingerprint density at radius 1 is 1.54 bits per heavy atom. The van der Waals surface area contributed by atoms with Crippen molar-refractivity contribution in [1.29, 1.82) is 0 Å². The molecule has 0 saturated heterocycles. The highest BCUT2D eigenvalue weighted by molar-refractivity contribution is 9.10. The largest absolute Gasteiger partial charge is 0.487 e. The van der Waals surface area contributed by atoms with Crippen molar-refractivity contribution in [2.24, 2.45) is 0 Å². The maximum absolute atomic E-state index is 5.82. The molecule has 0 amide bonds. The van der Waals surface area contributed by atoms with Gasteiger partial charge in [-0.2, -0.15) is 0 Å². The van der Waals surface area contributed by atoms with Gasteiger partial charge in [-0.05, 0) is 24.3 Å². The first-order valence-electron chi connectivity index (χ1n) is 3.79. The Bertz CT molecular complexity index is 327. The van der Waals surface area contributed by atoms with E-state index in [0.717, 1.165) is 10.2 Å². The zero-order chi connectivity index (χ0) is 9.47. The van der Waals surface area contributed by atoms with E-state index in [2.05, 4.69) is 22.0 Å². The Balaban J connectivity index is 2.03. The number of alkyl halides is 2. The molecule has 4 heteroatoms. The van der Waals surface area contributed by atoms with Crippen LogP contribution in [-0.4, -0.2) is 10.4 Å². The maximum Gasteiger partial charge on any atom is 0.158 e. The molecule has 1 saturated carbocycles. The van der Waals surface area contributed by atoms with Crippen LogP contribution in [0.4, 0.5) is 0 Å². The van der Waals surface area contributed by atoms with Gasteiger partial charge in [0, 0.05) is 10.9 Å². The van der Waals surface area contributed by atoms with Crippen molar-refractivity contribution in [3.05, 3.63) is 28.7 Å². The molecule has 1 aromatic rings. The molecule has 0 N–H and O–H groups in total. The first-order valence-corrected chi connectivity index (χ1v) is 5.34. The monoisotopic (exact) mass is 279 g/mol. The van der Waals surface area contributed by atoms with Gasteiger partial charge in [0.1, 0.15) is 11.9 Å². The van der Waals surface area contributed by atoms with Crippen LogP contribution in [-0.2, 0) is 0 Å². The second-order valence-electron chi connectivity index (χ2n) is 2.96. The van der Waals surface area contributed by atoms with Crippen molar-refractivity contribution in [2.75, 3.05) is 0 Å². The highest BCUT2D eigenvalue weighted by Gasteiger charge is 2.54. The number of benzene rings is 1. The van der Waals surface area contributed by atoms with E-state index in [1.165, 1.54) is 0 Å². The molecule has 1 fully saturated rings. The second-order valence-corrected chi connectivity index (χ2v) is 5.42. The number of ether oxygens (including phenoxy) is 1. The summed E-state index contributed by atoms with van der Waals surface area (Å²) in [5, 5.41) is 0. The van der Waals surface area contributed by atoms with Gasteiger partial charge in [-0.15, -0.1) is 0 Å². The molecule has 0 bridgehead atoms. The predicted octanol–water partition coefficient (Wildman–Crippen LogP) is 3.57. The van der Waals surface area contributed by atoms with Crippen molar-refractivity contribution in [2.45, 2.75) is 16.9 Å². The van der Waals surface area contributed by atoms with Crippen LogP contribution >= 0.6 is 39.1 Å². The van der Waals surface area contributed by atoms with Crippen molar-refractivity contribution in [1.82, 2.24) is 0 Å². The van der Waals surface area contributed by atoms with Crippen LogP contribution in [0.1, 0.15) is 6.42 Å². The van der Waals surface area contributed by atoms with Gasteiger partial charge in [-0.3, -0.25) is 0 Å². The summed E-state index contributed by atoms with van der Waals surface area (Å²) in [6, 6.07) is 8.36. The van der Waals surface area contributed by atoms with E-state index in [9.17, 15) is 0 Å². The van der Waals surface area contributed by atoms with E-state index in [1.807, 2.05) is 12.1 Å². The Hall–Kier alpha value is 0.0800. The van der Waals surface area contributed by atoms with Gasteiger partial charge in [-0.1, -0.05) is 39.1 Å². The van der Waals surface area contributed by atoms with Gasteiger partial charge in [0.25, 0.3) is 0 Å². The SMILES string of the molecule is ClC1(Cl)CC1Oc1c[c]cc(Br)c1. The highest BCUT2D eigenvalue weighted by atomic mass is 79.9. The Labute approximate surface area is 95.1 Å². The fourth-order valence-corrected chi connectivity index (χ4v) is 1.70. The first kappa shape index (κ1) is 9.63. The molecule has 13 heavy (non-hydrogen) atoms. The molecule has 0 aliphatic heterocycles.